The van der Waals surface area contributed by atoms with E-state index in [0.717, 1.165) is 27.3 Å². The highest BCUT2D eigenvalue weighted by Crippen LogP contribution is 2.50. The minimum absolute atomic E-state index is 0.509. The van der Waals surface area contributed by atoms with Crippen LogP contribution < -0.4 is 18.9 Å². The third kappa shape index (κ3) is 3.21. The molecule has 1 aliphatic rings. The molecule has 29 heavy (non-hydrogen) atoms. The Balaban J connectivity index is 1.95. The molecule has 1 aliphatic heterocycles. The molecule has 0 aliphatic carbocycles. The fourth-order valence-electron chi connectivity index (χ4n) is 3.82. The fourth-order valence-corrected chi connectivity index (χ4v) is 4.22. The molecule has 0 fully saturated rings. The molecular weight excluding hydrogens is 384 g/mol. The summed E-state index contributed by atoms with van der Waals surface area (Å²) in [5, 5.41) is 0. The van der Waals surface area contributed by atoms with Gasteiger partial charge in [0.05, 0.1) is 26.9 Å². The summed E-state index contributed by atoms with van der Waals surface area (Å²) in [5.74, 6) is 2.69. The van der Waals surface area contributed by atoms with Crippen molar-refractivity contribution >= 4 is 17.1 Å². The van der Waals surface area contributed by atoms with Crippen molar-refractivity contribution in [2.45, 2.75) is 12.0 Å². The van der Waals surface area contributed by atoms with Crippen LogP contribution in [0.5, 0.6) is 23.0 Å². The molecule has 3 aromatic rings. The van der Waals surface area contributed by atoms with E-state index in [0.29, 0.717) is 23.7 Å². The molecule has 0 N–H and O–H groups in total. The summed E-state index contributed by atoms with van der Waals surface area (Å²) in [7, 11) is 4.91. The normalized spacial score (nSPS) is 17.8. The minimum Gasteiger partial charge on any atom is -0.497 e. The Morgan fingerprint density at radius 1 is 0.759 bits per heavy atom. The lowest BCUT2D eigenvalue weighted by atomic mass is 9.79. The maximum Gasteiger partial charge on any atom is 0.175 e. The number of hydrogen-bond acceptors (Lipinski definition) is 5. The molecule has 0 saturated carbocycles. The van der Waals surface area contributed by atoms with Crippen LogP contribution in [-0.4, -0.2) is 26.2 Å². The second-order valence-corrected chi connectivity index (χ2v) is 7.29. The maximum atomic E-state index is 6.77. The third-order valence-electron chi connectivity index (χ3n) is 5.28. The Labute approximate surface area is 176 Å². The van der Waals surface area contributed by atoms with Gasteiger partial charge in [-0.25, -0.2) is 0 Å². The monoisotopic (exact) mass is 406 g/mol. The number of thiocarbonyl (C=S) groups is 1. The lowest BCUT2D eigenvalue weighted by Crippen LogP contribution is -2.40. The van der Waals surface area contributed by atoms with Crippen LogP contribution in [0.25, 0.3) is 0 Å². The van der Waals surface area contributed by atoms with E-state index in [4.69, 9.17) is 31.2 Å². The van der Waals surface area contributed by atoms with Crippen LogP contribution in [0.1, 0.15) is 23.1 Å². The zero-order valence-corrected chi connectivity index (χ0v) is 17.4. The van der Waals surface area contributed by atoms with Crippen molar-refractivity contribution in [3.8, 4) is 23.0 Å². The summed E-state index contributed by atoms with van der Waals surface area (Å²) in [6, 6.07) is 21.7. The summed E-state index contributed by atoms with van der Waals surface area (Å²) in [5.41, 5.74) is 2.00. The Hall–Kier alpha value is -3.05. The average Bonchev–Trinajstić information content (AvgIpc) is 2.78. The smallest absolute Gasteiger partial charge is 0.175 e. The van der Waals surface area contributed by atoms with Gasteiger partial charge >= 0.3 is 0 Å². The zero-order chi connectivity index (χ0) is 20.4. The van der Waals surface area contributed by atoms with Crippen LogP contribution in [0.2, 0.25) is 0 Å². The quantitative estimate of drug-likeness (QED) is 0.547. The molecule has 0 radical (unpaired) electrons. The number of rotatable bonds is 5. The number of benzene rings is 3. The first kappa shape index (κ1) is 19.3. The largest absolute Gasteiger partial charge is 0.497 e. The van der Waals surface area contributed by atoms with Crippen molar-refractivity contribution in [3.63, 3.8) is 0 Å². The summed E-state index contributed by atoms with van der Waals surface area (Å²) < 4.78 is 23.3. The molecule has 1 heterocycles. The molecule has 0 spiro atoms. The molecule has 148 valence electrons. The first-order chi connectivity index (χ1) is 14.1. The molecule has 4 nitrogen and oxygen atoms in total. The fraction of sp³-hybridized carbons (Fsp3) is 0.208. The maximum absolute atomic E-state index is 6.77. The molecule has 0 aromatic heterocycles. The summed E-state index contributed by atoms with van der Waals surface area (Å²) in [6.45, 7) is 0. The van der Waals surface area contributed by atoms with E-state index in [1.165, 1.54) is 0 Å². The van der Waals surface area contributed by atoms with Crippen LogP contribution >= 0.6 is 12.2 Å². The molecule has 0 saturated heterocycles. The van der Waals surface area contributed by atoms with Gasteiger partial charge in [0.1, 0.15) is 11.5 Å². The van der Waals surface area contributed by atoms with E-state index in [1.54, 1.807) is 21.3 Å². The lowest BCUT2D eigenvalue weighted by Gasteiger charge is -2.40. The van der Waals surface area contributed by atoms with Crippen molar-refractivity contribution in [2.24, 2.45) is 0 Å². The van der Waals surface area contributed by atoms with Crippen LogP contribution in [0.3, 0.4) is 0 Å². The second-order valence-electron chi connectivity index (χ2n) is 6.80. The average molecular weight is 407 g/mol. The van der Waals surface area contributed by atoms with Gasteiger partial charge < -0.3 is 18.9 Å². The van der Waals surface area contributed by atoms with Gasteiger partial charge in [-0.2, -0.15) is 0 Å². The van der Waals surface area contributed by atoms with Gasteiger partial charge in [0, 0.05) is 22.4 Å². The molecule has 4 rings (SSSR count). The Morgan fingerprint density at radius 2 is 1.38 bits per heavy atom. The van der Waals surface area contributed by atoms with Gasteiger partial charge in [0.25, 0.3) is 0 Å². The topological polar surface area (TPSA) is 36.9 Å². The molecular formula is C24H22O4S. The van der Waals surface area contributed by atoms with Crippen molar-refractivity contribution in [2.75, 3.05) is 21.3 Å². The van der Waals surface area contributed by atoms with Crippen LogP contribution in [0, 0.1) is 0 Å². The highest BCUT2D eigenvalue weighted by molar-refractivity contribution is 7.80. The Morgan fingerprint density at radius 3 is 2.00 bits per heavy atom. The predicted octanol–water partition coefficient (Wildman–Crippen LogP) is 5.16. The van der Waals surface area contributed by atoms with E-state index in [1.807, 2.05) is 54.6 Å². The van der Waals surface area contributed by atoms with Crippen molar-refractivity contribution in [3.05, 3.63) is 83.4 Å². The Kier molecular flexibility index (Phi) is 5.16. The van der Waals surface area contributed by atoms with Gasteiger partial charge in [0.15, 0.2) is 17.1 Å². The molecule has 0 bridgehead atoms. The van der Waals surface area contributed by atoms with Gasteiger partial charge in [-0.15, -0.1) is 0 Å². The van der Waals surface area contributed by atoms with Crippen molar-refractivity contribution in [1.29, 1.82) is 0 Å². The molecule has 3 aromatic carbocycles. The van der Waals surface area contributed by atoms with Crippen LogP contribution in [0.4, 0.5) is 0 Å². The van der Waals surface area contributed by atoms with E-state index >= 15 is 0 Å². The van der Waals surface area contributed by atoms with Crippen LogP contribution in [0.15, 0.2) is 66.7 Å². The van der Waals surface area contributed by atoms with E-state index in [9.17, 15) is 0 Å². The number of fused-ring (bicyclic) bond motifs is 1. The standard InChI is InChI=1S/C24H22O4S/c1-25-18-11-9-17(10-12-18)24(16-7-5-4-6-8-16)15-21(29)22-19(26-2)13-14-20(27-3)23(22)28-24/h4-14H,15H2,1-3H3. The SMILES string of the molecule is COc1ccc(C2(c3ccccc3)CC(=S)c3c(OC)ccc(OC)c3O2)cc1. The molecule has 1 atom stereocenters. The van der Waals surface area contributed by atoms with E-state index in [-0.39, 0.29) is 0 Å². The van der Waals surface area contributed by atoms with Crippen LogP contribution in [-0.2, 0) is 5.60 Å². The number of hydrogen-bond donors (Lipinski definition) is 0. The third-order valence-corrected chi connectivity index (χ3v) is 5.63. The predicted molar refractivity (Wildman–Crippen MR) is 117 cm³/mol. The van der Waals surface area contributed by atoms with E-state index < -0.39 is 5.60 Å². The minimum atomic E-state index is -0.780. The van der Waals surface area contributed by atoms with Crippen molar-refractivity contribution < 1.29 is 18.9 Å². The van der Waals surface area contributed by atoms with Gasteiger partial charge in [-0.05, 0) is 24.3 Å². The Bertz CT molecular complexity index is 1030. The van der Waals surface area contributed by atoms with Gasteiger partial charge in [0.2, 0.25) is 0 Å². The lowest BCUT2D eigenvalue weighted by molar-refractivity contribution is 0.107. The van der Waals surface area contributed by atoms with Crippen molar-refractivity contribution in [1.82, 2.24) is 0 Å². The molecule has 0 amide bonds. The highest BCUT2D eigenvalue weighted by Gasteiger charge is 2.44. The number of methoxy groups -OCH3 is 3. The second kappa shape index (κ2) is 7.76. The summed E-state index contributed by atoms with van der Waals surface area (Å²) in [6.07, 6.45) is 0.509. The zero-order valence-electron chi connectivity index (χ0n) is 16.6. The first-order valence-corrected chi connectivity index (χ1v) is 9.71. The van der Waals surface area contributed by atoms with Gasteiger partial charge in [-0.1, -0.05) is 54.7 Å². The van der Waals surface area contributed by atoms with Gasteiger partial charge in [-0.3, -0.25) is 0 Å². The molecule has 1 unspecified atom stereocenters. The first-order valence-electron chi connectivity index (χ1n) is 9.30. The summed E-state index contributed by atoms with van der Waals surface area (Å²) >= 11 is 5.88. The van der Waals surface area contributed by atoms with E-state index in [2.05, 4.69) is 12.1 Å². The number of ether oxygens (including phenoxy) is 4. The highest BCUT2D eigenvalue weighted by atomic mass is 32.1. The molecule has 5 heteroatoms. The summed E-state index contributed by atoms with van der Waals surface area (Å²) in [4.78, 5) is 0.765.